The van der Waals surface area contributed by atoms with Crippen LogP contribution in [0.4, 0.5) is 0 Å². The van der Waals surface area contributed by atoms with Crippen molar-refractivity contribution < 1.29 is 88.9 Å². The molecule has 2 atom stereocenters. The van der Waals surface area contributed by atoms with Crippen molar-refractivity contribution in [1.29, 1.82) is 0 Å². The molecule has 0 aliphatic heterocycles. The van der Waals surface area contributed by atoms with Gasteiger partial charge in [0.25, 0.3) is 10.1 Å². The van der Waals surface area contributed by atoms with Gasteiger partial charge in [-0.3, -0.25) is 14.1 Å². The number of ether oxygens (including phenoxy) is 1. The summed E-state index contributed by atoms with van der Waals surface area (Å²) >= 11 is 0. The number of carbonyl (C=O) groups is 2. The van der Waals surface area contributed by atoms with Crippen molar-refractivity contribution in [3.8, 4) is 5.75 Å². The summed E-state index contributed by atoms with van der Waals surface area (Å²) < 4.78 is 34.6. The van der Waals surface area contributed by atoms with E-state index in [1.165, 1.54) is 44.9 Å². The number of para-hydroxylation sites is 1. The molecule has 0 heterocycles. The first kappa shape index (κ1) is 33.7. The van der Waals surface area contributed by atoms with Gasteiger partial charge in [-0.1, -0.05) is 63.6 Å². The number of carboxylic acids is 2. The number of aliphatic carboxylic acids is 2. The van der Waals surface area contributed by atoms with Crippen LogP contribution in [0.5, 0.6) is 5.75 Å². The van der Waals surface area contributed by atoms with Crippen molar-refractivity contribution in [2.45, 2.75) is 82.5 Å². The minimum atomic E-state index is -4.84. The fraction of sp³-hybridized carbons (Fsp3) is 0.591. The van der Waals surface area contributed by atoms with E-state index in [4.69, 9.17) is 19.5 Å². The molecule has 2 unspecified atom stereocenters. The number of hydrogen-bond acceptors (Lipinski definition) is 5. The Bertz CT molecular complexity index is 725. The molecule has 178 valence electrons. The van der Waals surface area contributed by atoms with Gasteiger partial charge >= 0.3 is 63.3 Å². The van der Waals surface area contributed by atoms with Crippen LogP contribution < -0.4 is 56.1 Å². The predicted molar refractivity (Wildman–Crippen MR) is 119 cm³/mol. The topological polar surface area (TPSA) is 138 Å². The van der Waals surface area contributed by atoms with Gasteiger partial charge in [0, 0.05) is 0 Å². The molecule has 0 spiro atoms. The van der Waals surface area contributed by atoms with E-state index >= 15 is 0 Å². The Morgan fingerprint density at radius 2 is 1.53 bits per heavy atom. The summed E-state index contributed by atoms with van der Waals surface area (Å²) in [4.78, 5) is 20.0. The number of unbranched alkanes of at least 4 members (excludes halogenated alkanes) is 6. The van der Waals surface area contributed by atoms with Crippen LogP contribution in [0.3, 0.4) is 0 Å². The van der Waals surface area contributed by atoms with Crippen molar-refractivity contribution in [2.24, 2.45) is 0 Å². The minimum absolute atomic E-state index is 0. The Morgan fingerprint density at radius 1 is 1.00 bits per heavy atom. The first-order valence-corrected chi connectivity index (χ1v) is 12.0. The number of hydrogen-bond donors (Lipinski definition) is 3. The van der Waals surface area contributed by atoms with E-state index in [0.29, 0.717) is 0 Å². The molecule has 0 saturated carbocycles. The van der Waals surface area contributed by atoms with E-state index in [9.17, 15) is 18.0 Å². The quantitative estimate of drug-likeness (QED) is 0.143. The zero-order chi connectivity index (χ0) is 23.7. The van der Waals surface area contributed by atoms with Gasteiger partial charge in [0.1, 0.15) is 5.75 Å². The van der Waals surface area contributed by atoms with E-state index in [1.807, 2.05) is 30.3 Å². The third-order valence-electron chi connectivity index (χ3n) is 4.49. The molecule has 0 aromatic heterocycles. The van der Waals surface area contributed by atoms with Gasteiger partial charge in [-0.15, -0.1) is 6.42 Å². The maximum absolute atomic E-state index is 10.2. The molecule has 0 aliphatic rings. The summed E-state index contributed by atoms with van der Waals surface area (Å²) in [5.41, 5.74) is 0. The maximum atomic E-state index is 10.2. The third-order valence-corrected chi connectivity index (χ3v) is 5.58. The van der Waals surface area contributed by atoms with Gasteiger partial charge in [-0.25, -0.2) is 0 Å². The van der Waals surface area contributed by atoms with Crippen LogP contribution >= 0.6 is 0 Å². The van der Waals surface area contributed by atoms with Gasteiger partial charge in [-0.05, 0) is 25.0 Å². The second-order valence-electron chi connectivity index (χ2n) is 7.19. The summed E-state index contributed by atoms with van der Waals surface area (Å²) in [6.45, 7) is 6.26. The van der Waals surface area contributed by atoms with Crippen molar-refractivity contribution in [3.05, 3.63) is 37.3 Å². The third kappa shape index (κ3) is 18.0. The summed E-state index contributed by atoms with van der Waals surface area (Å²) in [6, 6.07) is 10.1. The van der Waals surface area contributed by atoms with E-state index in [2.05, 4.69) is 13.8 Å². The Morgan fingerprint density at radius 3 is 1.94 bits per heavy atom. The van der Waals surface area contributed by atoms with Gasteiger partial charge in [0.15, 0.2) is 5.25 Å². The Balaban J connectivity index is 0. The fourth-order valence-corrected chi connectivity index (χ4v) is 3.37. The monoisotopic (exact) mass is 498 g/mol. The number of rotatable bonds is 15. The summed E-state index contributed by atoms with van der Waals surface area (Å²) in [6.07, 6.45) is 10.6. The van der Waals surface area contributed by atoms with Crippen molar-refractivity contribution in [3.63, 3.8) is 0 Å². The molecule has 3 N–H and O–H groups in total. The van der Waals surface area contributed by atoms with Crippen molar-refractivity contribution in [1.82, 2.24) is 0 Å². The van der Waals surface area contributed by atoms with E-state index in [1.54, 1.807) is 0 Å². The second kappa shape index (κ2) is 19.9. The van der Waals surface area contributed by atoms with Crippen LogP contribution in [0.25, 0.3) is 0 Å². The smallest absolute Gasteiger partial charge is 0.493 e. The molecule has 10 heteroatoms. The largest absolute Gasteiger partial charge is 1.00 e. The molecule has 1 aromatic carbocycles. The van der Waals surface area contributed by atoms with Gasteiger partial charge in [-0.2, -0.15) is 8.42 Å². The van der Waals surface area contributed by atoms with Gasteiger partial charge in [0.2, 0.25) is 0 Å². The van der Waals surface area contributed by atoms with Crippen LogP contribution in [-0.2, 0) is 19.7 Å². The molecule has 0 fully saturated rings. The molecule has 8 nitrogen and oxygen atoms in total. The molecule has 0 aliphatic carbocycles. The molecular formula is C22H35KO8S. The van der Waals surface area contributed by atoms with Crippen LogP contribution in [-0.4, -0.2) is 46.5 Å². The van der Waals surface area contributed by atoms with E-state index in [-0.39, 0.29) is 57.5 Å². The Hall–Kier alpha value is -0.494. The molecule has 0 radical (unpaired) electrons. The summed E-state index contributed by atoms with van der Waals surface area (Å²) in [7, 11) is -4.84. The van der Waals surface area contributed by atoms with E-state index < -0.39 is 33.7 Å². The molecule has 0 amide bonds. The van der Waals surface area contributed by atoms with Crippen molar-refractivity contribution >= 4 is 22.1 Å². The van der Waals surface area contributed by atoms with E-state index in [0.717, 1.165) is 18.6 Å². The number of benzene rings is 1. The Kier molecular flexibility index (Phi) is 21.0. The average molecular weight is 499 g/mol. The zero-order valence-electron chi connectivity index (χ0n) is 19.1. The second-order valence-corrected chi connectivity index (χ2v) is 8.79. The van der Waals surface area contributed by atoms with Crippen LogP contribution in [0.1, 0.15) is 71.1 Å². The zero-order valence-corrected chi connectivity index (χ0v) is 23.1. The predicted octanol–water partition coefficient (Wildman–Crippen LogP) is 1.60. The summed E-state index contributed by atoms with van der Waals surface area (Å²) in [5, 5.41) is 13.9. The fourth-order valence-electron chi connectivity index (χ4n) is 2.76. The molecule has 1 aromatic rings. The first-order chi connectivity index (χ1) is 14.6. The molecule has 0 bridgehead atoms. The van der Waals surface area contributed by atoms with Crippen LogP contribution in [0.15, 0.2) is 30.3 Å². The maximum Gasteiger partial charge on any atom is 1.00 e. The first-order valence-electron chi connectivity index (χ1n) is 10.5. The number of carboxylic acid groups (broad SMARTS) is 2. The molecule has 0 saturated heterocycles. The average Bonchev–Trinajstić information content (AvgIpc) is 2.70. The van der Waals surface area contributed by atoms with Gasteiger partial charge in [0.05, 0.1) is 12.5 Å². The van der Waals surface area contributed by atoms with Crippen LogP contribution in [0, 0.1) is 6.92 Å². The minimum Gasteiger partial charge on any atom is -0.493 e. The van der Waals surface area contributed by atoms with Gasteiger partial charge < -0.3 is 21.9 Å². The van der Waals surface area contributed by atoms with Crippen LogP contribution in [0.2, 0.25) is 0 Å². The molecule has 32 heavy (non-hydrogen) atoms. The molecule has 1 rings (SSSR count). The normalized spacial score (nSPS) is 12.5. The summed E-state index contributed by atoms with van der Waals surface area (Å²) in [5.74, 6) is -2.53. The standard InChI is InChI=1S/C18H29O.C4H6O7S.K/c1-3-5-6-7-8-9-11-14-17(4-2)19-18-15-12-10-13-16-18;5-3(6)1-2(4(7)8)12(9,10)11;/h10,12-13,15-17H,2-9,11,14H2,1H3;2H,1H2,(H,5,6)(H,7,8)(H,9,10,11);/q-1;;+1. The SMILES string of the molecule is O=C(O)CC(C(=O)O)S(=O)(=O)O.[CH2-]CC(CCCCCCCCC)Oc1ccccc1.[K+]. The Labute approximate surface area is 234 Å². The van der Waals surface area contributed by atoms with Crippen molar-refractivity contribution in [2.75, 3.05) is 0 Å². The molecular weight excluding hydrogens is 463 g/mol.